The van der Waals surface area contributed by atoms with Gasteiger partial charge in [0.05, 0.1) is 12.7 Å². The molecule has 0 amide bonds. The molecule has 2 fully saturated rings. The minimum atomic E-state index is -1.69. The van der Waals surface area contributed by atoms with Crippen LogP contribution in [0.1, 0.15) is 6.92 Å². The standard InChI is InChI=1S/C19H26O13/c1-6-12(21)14(23)16(25)18(30-6)27-4-11-13(22)15(24)17(26)19(32-11)31-8-3-10-9(2-7(8)20)28-5-29-10/h2-3,6,11-26H,4-5H2,1H3/t6-,11+,12-,13+,14+,15-,16-,17+,18+,19+/m0/s1. The predicted octanol–water partition coefficient (Wildman–Crippen LogP) is -2.85. The van der Waals surface area contributed by atoms with Crippen LogP contribution >= 0.6 is 0 Å². The van der Waals surface area contributed by atoms with Gasteiger partial charge in [-0.15, -0.1) is 0 Å². The van der Waals surface area contributed by atoms with Gasteiger partial charge < -0.3 is 64.2 Å². The molecule has 32 heavy (non-hydrogen) atoms. The van der Waals surface area contributed by atoms with E-state index >= 15 is 0 Å². The number of phenolic OH excluding ortho intramolecular Hbond substituents is 1. The van der Waals surface area contributed by atoms with E-state index in [2.05, 4.69) is 0 Å². The van der Waals surface area contributed by atoms with Crippen LogP contribution in [0.25, 0.3) is 0 Å². The third-order valence-corrected chi connectivity index (χ3v) is 5.60. The van der Waals surface area contributed by atoms with Crippen LogP contribution in [0.2, 0.25) is 0 Å². The second-order valence-electron chi connectivity index (χ2n) is 7.82. The van der Waals surface area contributed by atoms with Crippen molar-refractivity contribution in [1.82, 2.24) is 0 Å². The molecule has 0 radical (unpaired) electrons. The molecular formula is C19H26O13. The molecule has 3 aliphatic rings. The maximum atomic E-state index is 10.3. The first-order valence-electron chi connectivity index (χ1n) is 9.97. The van der Waals surface area contributed by atoms with Gasteiger partial charge in [-0.25, -0.2) is 0 Å². The van der Waals surface area contributed by atoms with E-state index in [9.17, 15) is 35.7 Å². The van der Waals surface area contributed by atoms with Gasteiger partial charge in [-0.1, -0.05) is 0 Å². The molecule has 13 heteroatoms. The van der Waals surface area contributed by atoms with Gasteiger partial charge in [0.15, 0.2) is 29.3 Å². The summed E-state index contributed by atoms with van der Waals surface area (Å²) in [4.78, 5) is 0. The van der Waals surface area contributed by atoms with E-state index < -0.39 is 68.0 Å². The van der Waals surface area contributed by atoms with Gasteiger partial charge in [0, 0.05) is 12.1 Å². The minimum Gasteiger partial charge on any atom is -0.504 e. The van der Waals surface area contributed by atoms with Gasteiger partial charge >= 0.3 is 0 Å². The Hall–Kier alpha value is -1.94. The normalized spacial score (nSPS) is 41.5. The highest BCUT2D eigenvalue weighted by atomic mass is 16.7. The van der Waals surface area contributed by atoms with E-state index in [1.165, 1.54) is 19.1 Å². The van der Waals surface area contributed by atoms with Crippen LogP contribution in [0.5, 0.6) is 23.0 Å². The average Bonchev–Trinajstić information content (AvgIpc) is 3.22. The molecule has 0 saturated carbocycles. The van der Waals surface area contributed by atoms with Gasteiger partial charge in [-0.2, -0.15) is 0 Å². The molecule has 7 N–H and O–H groups in total. The number of hydrogen-bond acceptors (Lipinski definition) is 13. The summed E-state index contributed by atoms with van der Waals surface area (Å²) in [5.41, 5.74) is 0. The maximum absolute atomic E-state index is 10.3. The molecule has 0 aromatic heterocycles. The summed E-state index contributed by atoms with van der Waals surface area (Å²) in [7, 11) is 0. The lowest BCUT2D eigenvalue weighted by Crippen LogP contribution is -2.61. The quantitative estimate of drug-likeness (QED) is 0.236. The minimum absolute atomic E-state index is 0.0372. The summed E-state index contributed by atoms with van der Waals surface area (Å²) in [6.07, 6.45) is -14.3. The number of ether oxygens (including phenoxy) is 6. The predicted molar refractivity (Wildman–Crippen MR) is 99.8 cm³/mol. The zero-order valence-electron chi connectivity index (χ0n) is 16.9. The molecule has 10 atom stereocenters. The molecule has 0 aliphatic carbocycles. The first-order chi connectivity index (χ1) is 15.2. The second kappa shape index (κ2) is 9.13. The third-order valence-electron chi connectivity index (χ3n) is 5.60. The molecule has 180 valence electrons. The Balaban J connectivity index is 1.43. The van der Waals surface area contributed by atoms with E-state index in [0.29, 0.717) is 11.5 Å². The van der Waals surface area contributed by atoms with Crippen LogP contribution in [0, 0.1) is 0 Å². The Morgan fingerprint density at radius 3 is 2.16 bits per heavy atom. The van der Waals surface area contributed by atoms with Crippen LogP contribution in [-0.2, 0) is 14.2 Å². The fourth-order valence-corrected chi connectivity index (χ4v) is 3.62. The summed E-state index contributed by atoms with van der Waals surface area (Å²) < 4.78 is 32.1. The number of phenols is 1. The number of aliphatic hydroxyl groups excluding tert-OH is 6. The van der Waals surface area contributed by atoms with Crippen molar-refractivity contribution in [2.24, 2.45) is 0 Å². The van der Waals surface area contributed by atoms with Crippen molar-refractivity contribution in [2.45, 2.75) is 68.3 Å². The third kappa shape index (κ3) is 4.31. The number of aromatic hydroxyl groups is 1. The number of rotatable bonds is 5. The molecule has 0 bridgehead atoms. The van der Waals surface area contributed by atoms with Crippen LogP contribution < -0.4 is 14.2 Å². The summed E-state index contributed by atoms with van der Waals surface area (Å²) in [6.45, 7) is 1.00. The van der Waals surface area contributed by atoms with Crippen LogP contribution in [-0.4, -0.2) is 111 Å². The maximum Gasteiger partial charge on any atom is 0.231 e. The molecule has 0 unspecified atom stereocenters. The Bertz CT molecular complexity index is 806. The van der Waals surface area contributed by atoms with Gasteiger partial charge in [-0.05, 0) is 6.92 Å². The van der Waals surface area contributed by atoms with Crippen molar-refractivity contribution in [1.29, 1.82) is 0 Å². The van der Waals surface area contributed by atoms with Crippen molar-refractivity contribution >= 4 is 0 Å². The summed E-state index contributed by atoms with van der Waals surface area (Å²) in [5, 5.41) is 70.5. The highest BCUT2D eigenvalue weighted by Gasteiger charge is 2.47. The Kier molecular flexibility index (Phi) is 6.63. The van der Waals surface area contributed by atoms with Gasteiger partial charge in [0.25, 0.3) is 0 Å². The number of fused-ring (bicyclic) bond motifs is 1. The summed E-state index contributed by atoms with van der Waals surface area (Å²) >= 11 is 0. The zero-order valence-corrected chi connectivity index (χ0v) is 16.9. The average molecular weight is 462 g/mol. The molecule has 1 aromatic carbocycles. The SMILES string of the molecule is C[C@@H]1O[C@@H](OC[C@H]2O[C@@H](Oc3cc4c(cc3O)OCO4)[C@H](O)[C@@H](O)[C@@H]2O)[C@@H](O)[C@H](O)[C@H]1O. The first kappa shape index (κ1) is 23.2. The molecule has 13 nitrogen and oxygen atoms in total. The van der Waals surface area contributed by atoms with Crippen LogP contribution in [0.4, 0.5) is 0 Å². The number of benzene rings is 1. The van der Waals surface area contributed by atoms with Gasteiger partial charge in [0.1, 0.15) is 42.7 Å². The van der Waals surface area contributed by atoms with Crippen LogP contribution in [0.15, 0.2) is 12.1 Å². The van der Waals surface area contributed by atoms with Crippen LogP contribution in [0.3, 0.4) is 0 Å². The summed E-state index contributed by atoms with van der Waals surface area (Å²) in [5.74, 6) is 0.133. The molecule has 1 aromatic rings. The van der Waals surface area contributed by atoms with Crippen molar-refractivity contribution in [3.05, 3.63) is 12.1 Å². The Labute approximate surface area is 181 Å². The monoisotopic (exact) mass is 462 g/mol. The number of hydrogen-bond donors (Lipinski definition) is 7. The molecule has 3 aliphatic heterocycles. The van der Waals surface area contributed by atoms with Crippen molar-refractivity contribution in [3.63, 3.8) is 0 Å². The molecule has 0 spiro atoms. The van der Waals surface area contributed by atoms with Gasteiger partial charge in [0.2, 0.25) is 13.1 Å². The highest BCUT2D eigenvalue weighted by Crippen LogP contribution is 2.42. The van der Waals surface area contributed by atoms with Crippen molar-refractivity contribution < 1.29 is 64.2 Å². The van der Waals surface area contributed by atoms with Gasteiger partial charge in [-0.3, -0.25) is 0 Å². The fraction of sp³-hybridized carbons (Fsp3) is 0.684. The molecular weight excluding hydrogens is 436 g/mol. The molecule has 4 rings (SSSR count). The Morgan fingerprint density at radius 1 is 0.812 bits per heavy atom. The van der Waals surface area contributed by atoms with Crippen molar-refractivity contribution in [3.8, 4) is 23.0 Å². The largest absolute Gasteiger partial charge is 0.504 e. The van der Waals surface area contributed by atoms with Crippen molar-refractivity contribution in [2.75, 3.05) is 13.4 Å². The highest BCUT2D eigenvalue weighted by molar-refractivity contribution is 5.54. The van der Waals surface area contributed by atoms with E-state index in [4.69, 9.17) is 28.4 Å². The lowest BCUT2D eigenvalue weighted by molar-refractivity contribution is -0.318. The fourth-order valence-electron chi connectivity index (χ4n) is 3.62. The second-order valence-corrected chi connectivity index (χ2v) is 7.82. The zero-order chi connectivity index (χ0) is 23.2. The topological polar surface area (TPSA) is 197 Å². The lowest BCUT2D eigenvalue weighted by Gasteiger charge is -2.42. The summed E-state index contributed by atoms with van der Waals surface area (Å²) in [6, 6.07) is 2.57. The lowest BCUT2D eigenvalue weighted by atomic mass is 9.98. The molecule has 2 saturated heterocycles. The molecule has 3 heterocycles. The van der Waals surface area contributed by atoms with E-state index in [1.54, 1.807) is 0 Å². The first-order valence-corrected chi connectivity index (χ1v) is 9.97. The Morgan fingerprint density at radius 2 is 1.44 bits per heavy atom. The van der Waals surface area contributed by atoms with E-state index in [1.807, 2.05) is 0 Å². The smallest absolute Gasteiger partial charge is 0.231 e. The van der Waals surface area contributed by atoms with E-state index in [-0.39, 0.29) is 18.3 Å². The van der Waals surface area contributed by atoms with E-state index in [0.717, 1.165) is 0 Å². The number of aliphatic hydroxyl groups is 6.